The van der Waals surface area contributed by atoms with Gasteiger partial charge in [-0.1, -0.05) is 0 Å². The number of nitrogens with zero attached hydrogens (tertiary/aromatic N) is 3. The number of rotatable bonds is 5. The zero-order valence-corrected chi connectivity index (χ0v) is 12.7. The summed E-state index contributed by atoms with van der Waals surface area (Å²) >= 11 is 0. The molecule has 6 heteroatoms. The Hall–Kier alpha value is -2.08. The van der Waals surface area contributed by atoms with Crippen molar-refractivity contribution in [2.75, 3.05) is 20.2 Å². The second-order valence-corrected chi connectivity index (χ2v) is 5.22. The molecule has 6 nitrogen and oxygen atoms in total. The third-order valence-electron chi connectivity index (χ3n) is 3.61. The van der Waals surface area contributed by atoms with Crippen molar-refractivity contribution < 1.29 is 4.74 Å². The molecular formula is C15H23N5O. The lowest BCUT2D eigenvalue weighted by Crippen LogP contribution is -2.22. The van der Waals surface area contributed by atoms with Crippen LogP contribution in [0, 0.1) is 0 Å². The highest BCUT2D eigenvalue weighted by molar-refractivity contribution is 5.99. The van der Waals surface area contributed by atoms with E-state index in [2.05, 4.69) is 21.2 Å². The Balaban J connectivity index is 2.23. The minimum Gasteiger partial charge on any atom is -0.496 e. The van der Waals surface area contributed by atoms with Crippen molar-refractivity contribution in [2.24, 2.45) is 21.7 Å². The lowest BCUT2D eigenvalue weighted by Gasteiger charge is -2.17. The first kappa shape index (κ1) is 15.3. The first-order valence-corrected chi connectivity index (χ1v) is 7.13. The van der Waals surface area contributed by atoms with E-state index in [1.165, 1.54) is 12.8 Å². The van der Waals surface area contributed by atoms with E-state index in [0.717, 1.165) is 42.2 Å². The van der Waals surface area contributed by atoms with Crippen LogP contribution < -0.4 is 16.2 Å². The molecule has 0 aliphatic carbocycles. The molecule has 1 saturated heterocycles. The first-order chi connectivity index (χ1) is 10.1. The van der Waals surface area contributed by atoms with Crippen molar-refractivity contribution in [1.82, 2.24) is 4.90 Å². The lowest BCUT2D eigenvalue weighted by molar-refractivity contribution is 0.321. The number of hydrogen-bond donors (Lipinski definition) is 2. The highest BCUT2D eigenvalue weighted by atomic mass is 16.5. The minimum atomic E-state index is -0.0415. The van der Waals surface area contributed by atoms with Crippen LogP contribution in [0.4, 0.5) is 0 Å². The summed E-state index contributed by atoms with van der Waals surface area (Å²) in [5.41, 5.74) is 13.5. The molecule has 0 spiro atoms. The summed E-state index contributed by atoms with van der Waals surface area (Å²) < 4.78 is 5.45. The predicted octanol–water partition coefficient (Wildman–Crippen LogP) is 1.29. The fourth-order valence-electron chi connectivity index (χ4n) is 2.50. The van der Waals surface area contributed by atoms with Gasteiger partial charge in [0.05, 0.1) is 12.8 Å². The van der Waals surface area contributed by atoms with Crippen LogP contribution in [-0.4, -0.2) is 36.8 Å². The van der Waals surface area contributed by atoms with Crippen molar-refractivity contribution >= 4 is 11.7 Å². The summed E-state index contributed by atoms with van der Waals surface area (Å²) in [5, 5.41) is 7.72. The van der Waals surface area contributed by atoms with Crippen molar-refractivity contribution in [3.8, 4) is 5.75 Å². The van der Waals surface area contributed by atoms with Crippen LogP contribution in [0.3, 0.4) is 0 Å². The van der Waals surface area contributed by atoms with Crippen molar-refractivity contribution in [1.29, 1.82) is 0 Å². The summed E-state index contributed by atoms with van der Waals surface area (Å²) in [4.78, 5) is 2.43. The highest BCUT2D eigenvalue weighted by Gasteiger charge is 2.15. The zero-order chi connectivity index (χ0) is 15.2. The predicted molar refractivity (Wildman–Crippen MR) is 85.5 cm³/mol. The second-order valence-electron chi connectivity index (χ2n) is 5.22. The number of benzene rings is 1. The number of likely N-dealkylation sites (tertiary alicyclic amines) is 1. The number of hydrogen-bond acceptors (Lipinski definition) is 4. The summed E-state index contributed by atoms with van der Waals surface area (Å²) in [6.07, 6.45) is 2.54. The van der Waals surface area contributed by atoms with E-state index in [0.29, 0.717) is 0 Å². The van der Waals surface area contributed by atoms with Gasteiger partial charge in [0.15, 0.2) is 0 Å². The van der Waals surface area contributed by atoms with E-state index in [-0.39, 0.29) is 5.96 Å². The van der Waals surface area contributed by atoms with Crippen molar-refractivity contribution in [3.05, 3.63) is 29.3 Å². The maximum atomic E-state index is 5.45. The Labute approximate surface area is 125 Å². The van der Waals surface area contributed by atoms with Crippen LogP contribution in [0.1, 0.15) is 30.9 Å². The van der Waals surface area contributed by atoms with Crippen LogP contribution >= 0.6 is 0 Å². The molecule has 0 radical (unpaired) electrons. The van der Waals surface area contributed by atoms with Gasteiger partial charge in [-0.3, -0.25) is 4.90 Å². The zero-order valence-electron chi connectivity index (χ0n) is 12.7. The number of ether oxygens (including phenoxy) is 1. The molecule has 1 aromatic rings. The van der Waals surface area contributed by atoms with E-state index in [4.69, 9.17) is 16.2 Å². The molecule has 1 aromatic carbocycles. The molecule has 1 aliphatic heterocycles. The van der Waals surface area contributed by atoms with Gasteiger partial charge in [0.1, 0.15) is 5.75 Å². The average molecular weight is 289 g/mol. The number of methoxy groups -OCH3 is 1. The molecule has 0 unspecified atom stereocenters. The van der Waals surface area contributed by atoms with Gasteiger partial charge < -0.3 is 16.2 Å². The summed E-state index contributed by atoms with van der Waals surface area (Å²) in [7, 11) is 1.70. The van der Waals surface area contributed by atoms with E-state index >= 15 is 0 Å². The van der Waals surface area contributed by atoms with E-state index in [9.17, 15) is 0 Å². The quantitative estimate of drug-likeness (QED) is 0.485. The largest absolute Gasteiger partial charge is 0.496 e. The van der Waals surface area contributed by atoms with E-state index < -0.39 is 0 Å². The second kappa shape index (κ2) is 7.08. The van der Waals surface area contributed by atoms with Crippen molar-refractivity contribution in [3.63, 3.8) is 0 Å². The molecule has 1 aliphatic rings. The summed E-state index contributed by atoms with van der Waals surface area (Å²) in [6, 6.07) is 6.03. The molecule has 0 saturated carbocycles. The Kier molecular flexibility index (Phi) is 5.16. The molecule has 2 rings (SSSR count). The van der Waals surface area contributed by atoms with Crippen LogP contribution in [-0.2, 0) is 6.54 Å². The van der Waals surface area contributed by atoms with Gasteiger partial charge >= 0.3 is 0 Å². The van der Waals surface area contributed by atoms with E-state index in [1.807, 2.05) is 19.1 Å². The summed E-state index contributed by atoms with van der Waals surface area (Å²) in [5.74, 6) is 0.862. The molecule has 21 heavy (non-hydrogen) atoms. The summed E-state index contributed by atoms with van der Waals surface area (Å²) in [6.45, 7) is 5.07. The molecule has 0 aromatic heterocycles. The third-order valence-corrected chi connectivity index (χ3v) is 3.61. The smallest absolute Gasteiger partial charge is 0.211 e. The van der Waals surface area contributed by atoms with Crippen LogP contribution in [0.15, 0.2) is 28.4 Å². The molecular weight excluding hydrogens is 266 g/mol. The molecule has 114 valence electrons. The fourth-order valence-corrected chi connectivity index (χ4v) is 2.50. The van der Waals surface area contributed by atoms with Gasteiger partial charge in [-0.05, 0) is 56.6 Å². The Morgan fingerprint density at radius 2 is 1.95 bits per heavy atom. The Morgan fingerprint density at radius 1 is 1.24 bits per heavy atom. The minimum absolute atomic E-state index is 0.0415. The van der Waals surface area contributed by atoms with Gasteiger partial charge in [0.25, 0.3) is 0 Å². The van der Waals surface area contributed by atoms with Gasteiger partial charge in [0.2, 0.25) is 5.96 Å². The Morgan fingerprint density at radius 3 is 2.57 bits per heavy atom. The third kappa shape index (κ3) is 4.19. The fraction of sp³-hybridized carbons (Fsp3) is 0.467. The van der Waals surface area contributed by atoms with Crippen LogP contribution in [0.5, 0.6) is 5.75 Å². The van der Waals surface area contributed by atoms with Gasteiger partial charge in [-0.2, -0.15) is 5.10 Å². The molecule has 1 fully saturated rings. The van der Waals surface area contributed by atoms with E-state index in [1.54, 1.807) is 7.11 Å². The van der Waals surface area contributed by atoms with Gasteiger partial charge in [-0.15, -0.1) is 5.10 Å². The maximum absolute atomic E-state index is 5.45. The standard InChI is InChI=1S/C15H23N5O/c1-11(18-19-15(16)17)12-5-6-14(21-2)13(9-12)10-20-7-3-4-8-20/h5-6,9H,3-4,7-8,10H2,1-2H3,(H4,16,17,19)/b18-11-. The average Bonchev–Trinajstić information content (AvgIpc) is 2.97. The monoisotopic (exact) mass is 289 g/mol. The van der Waals surface area contributed by atoms with Gasteiger partial charge in [0, 0.05) is 12.1 Å². The maximum Gasteiger partial charge on any atom is 0.211 e. The SMILES string of the molecule is COc1ccc(/C(C)=N\N=C(N)N)cc1CN1CCCC1. The first-order valence-electron chi connectivity index (χ1n) is 7.13. The number of nitrogens with two attached hydrogens (primary N) is 2. The Bertz CT molecular complexity index is 543. The molecule has 0 amide bonds. The molecule has 0 bridgehead atoms. The molecule has 0 atom stereocenters. The lowest BCUT2D eigenvalue weighted by atomic mass is 10.1. The van der Waals surface area contributed by atoms with Crippen LogP contribution in [0.25, 0.3) is 0 Å². The number of guanidine groups is 1. The molecule has 4 N–H and O–H groups in total. The highest BCUT2D eigenvalue weighted by Crippen LogP contribution is 2.23. The van der Waals surface area contributed by atoms with Gasteiger partial charge in [-0.25, -0.2) is 0 Å². The topological polar surface area (TPSA) is 89.2 Å². The van der Waals surface area contributed by atoms with Crippen LogP contribution in [0.2, 0.25) is 0 Å². The normalized spacial score (nSPS) is 16.0. The van der Waals surface area contributed by atoms with Crippen molar-refractivity contribution in [2.45, 2.75) is 26.3 Å². The molecule has 1 heterocycles.